The molecule has 0 fully saturated rings. The van der Waals surface area contributed by atoms with Crippen LogP contribution < -0.4 is 0 Å². The van der Waals surface area contributed by atoms with Crippen LogP contribution in [0.25, 0.3) is 0 Å². The zero-order valence-corrected chi connectivity index (χ0v) is 19.5. The summed E-state index contributed by atoms with van der Waals surface area (Å²) in [6.45, 7) is 11.7. The lowest BCUT2D eigenvalue weighted by atomic mass is 10.1. The van der Waals surface area contributed by atoms with Gasteiger partial charge in [-0.15, -0.1) is 0 Å². The van der Waals surface area contributed by atoms with Gasteiger partial charge in [-0.3, -0.25) is 0 Å². The second kappa shape index (κ2) is 16.4. The van der Waals surface area contributed by atoms with Gasteiger partial charge in [-0.1, -0.05) is 58.3 Å². The number of rotatable bonds is 16. The molecule has 22 heavy (non-hydrogen) atoms. The first-order valence-corrected chi connectivity index (χ1v) is 16.6. The Bertz CT molecular complexity index is 219. The van der Waals surface area contributed by atoms with E-state index in [-0.39, 0.29) is 16.1 Å². The average molecular weight is 365 g/mol. The van der Waals surface area contributed by atoms with Gasteiger partial charge in [0, 0.05) is 0 Å². The minimum Gasteiger partial charge on any atom is -0.419 e. The molecular formula is C16H40O3Si3. The quantitative estimate of drug-likeness (QED) is 0.236. The molecule has 0 spiro atoms. The first kappa shape index (κ1) is 22.5. The third-order valence-electron chi connectivity index (χ3n) is 3.49. The fourth-order valence-electron chi connectivity index (χ4n) is 2.41. The standard InChI is InChI=1S/C16H40O3Si3/c1-6-7-8-9-10-11-12-13-14-20-17-15-16(18-21(2)3)19-22(4)5/h16,21-22H,6-15,20H2,1-5H3. The molecule has 0 bridgehead atoms. The highest BCUT2D eigenvalue weighted by atomic mass is 28.3. The Morgan fingerprint density at radius 2 is 1.27 bits per heavy atom. The molecule has 0 heterocycles. The minimum absolute atomic E-state index is 0.0793. The lowest BCUT2D eigenvalue weighted by molar-refractivity contribution is -0.0305. The van der Waals surface area contributed by atoms with E-state index in [2.05, 4.69) is 33.1 Å². The van der Waals surface area contributed by atoms with Crippen LogP contribution in [0.4, 0.5) is 0 Å². The van der Waals surface area contributed by atoms with Crippen molar-refractivity contribution in [1.82, 2.24) is 0 Å². The summed E-state index contributed by atoms with van der Waals surface area (Å²) in [5.74, 6) is 0. The molecule has 0 amide bonds. The van der Waals surface area contributed by atoms with E-state index >= 15 is 0 Å². The Balaban J connectivity index is 3.41. The van der Waals surface area contributed by atoms with Gasteiger partial charge in [-0.05, 0) is 32.2 Å². The molecule has 0 N–H and O–H groups in total. The summed E-state index contributed by atoms with van der Waals surface area (Å²) in [4.78, 5) is 0. The Labute approximate surface area is 144 Å². The molecular weight excluding hydrogens is 324 g/mol. The Kier molecular flexibility index (Phi) is 16.8. The molecule has 6 heteroatoms. The van der Waals surface area contributed by atoms with Crippen LogP contribution in [-0.4, -0.2) is 40.7 Å². The number of hydrogen-bond donors (Lipinski definition) is 0. The molecule has 3 nitrogen and oxygen atoms in total. The molecule has 0 saturated carbocycles. The Morgan fingerprint density at radius 1 is 0.773 bits per heavy atom. The molecule has 0 unspecified atom stereocenters. The Hall–Kier alpha value is 0.531. The van der Waals surface area contributed by atoms with E-state index in [0.717, 1.165) is 0 Å². The second-order valence-electron chi connectivity index (χ2n) is 6.70. The highest BCUT2D eigenvalue weighted by Crippen LogP contribution is 2.10. The van der Waals surface area contributed by atoms with E-state index in [0.29, 0.717) is 6.61 Å². The third kappa shape index (κ3) is 16.9. The summed E-state index contributed by atoms with van der Waals surface area (Å²) < 4.78 is 17.7. The van der Waals surface area contributed by atoms with Crippen molar-refractivity contribution in [2.24, 2.45) is 0 Å². The first-order chi connectivity index (χ1) is 10.6. The van der Waals surface area contributed by atoms with Gasteiger partial charge in [-0.25, -0.2) is 0 Å². The lowest BCUT2D eigenvalue weighted by Crippen LogP contribution is -2.32. The topological polar surface area (TPSA) is 27.7 Å². The van der Waals surface area contributed by atoms with Gasteiger partial charge in [0.1, 0.15) is 0 Å². The van der Waals surface area contributed by atoms with Crippen molar-refractivity contribution in [2.45, 2.75) is 96.8 Å². The van der Waals surface area contributed by atoms with Gasteiger partial charge in [-0.2, -0.15) is 0 Å². The molecule has 0 aliphatic rings. The first-order valence-electron chi connectivity index (χ1n) is 9.44. The fourth-order valence-corrected chi connectivity index (χ4v) is 5.16. The maximum atomic E-state index is 5.90. The van der Waals surface area contributed by atoms with Gasteiger partial charge in [0.2, 0.25) is 0 Å². The summed E-state index contributed by atoms with van der Waals surface area (Å²) in [6.07, 6.45) is 11.1. The van der Waals surface area contributed by atoms with E-state index in [1.165, 1.54) is 57.4 Å². The predicted octanol–water partition coefficient (Wildman–Crippen LogP) is 3.97. The molecule has 0 aromatic heterocycles. The molecule has 0 atom stereocenters. The van der Waals surface area contributed by atoms with Crippen molar-refractivity contribution in [2.75, 3.05) is 6.61 Å². The molecule has 0 rings (SSSR count). The maximum Gasteiger partial charge on any atom is 0.174 e. The molecule has 0 aliphatic carbocycles. The van der Waals surface area contributed by atoms with Crippen molar-refractivity contribution < 1.29 is 13.3 Å². The third-order valence-corrected chi connectivity index (χ3v) is 6.50. The van der Waals surface area contributed by atoms with Crippen LogP contribution in [0.2, 0.25) is 32.2 Å². The zero-order chi connectivity index (χ0) is 16.6. The lowest BCUT2D eigenvalue weighted by Gasteiger charge is -2.23. The van der Waals surface area contributed by atoms with Crippen LogP contribution in [0.1, 0.15) is 58.3 Å². The van der Waals surface area contributed by atoms with E-state index < -0.39 is 18.1 Å². The van der Waals surface area contributed by atoms with Crippen molar-refractivity contribution in [3.63, 3.8) is 0 Å². The van der Waals surface area contributed by atoms with Crippen LogP contribution in [0.3, 0.4) is 0 Å². The smallest absolute Gasteiger partial charge is 0.174 e. The summed E-state index contributed by atoms with van der Waals surface area (Å²) >= 11 is 0. The van der Waals surface area contributed by atoms with Crippen molar-refractivity contribution in [3.05, 3.63) is 0 Å². The largest absolute Gasteiger partial charge is 0.419 e. The van der Waals surface area contributed by atoms with E-state index in [9.17, 15) is 0 Å². The molecule has 0 aromatic rings. The number of hydrogen-bond acceptors (Lipinski definition) is 3. The summed E-state index contributed by atoms with van der Waals surface area (Å²) in [7, 11) is -2.46. The molecule has 134 valence electrons. The second-order valence-corrected chi connectivity index (χ2v) is 13.0. The van der Waals surface area contributed by atoms with Gasteiger partial charge in [0.05, 0.1) is 6.61 Å². The fraction of sp³-hybridized carbons (Fsp3) is 1.00. The van der Waals surface area contributed by atoms with Crippen LogP contribution in [0.5, 0.6) is 0 Å². The molecule has 0 aliphatic heterocycles. The normalized spacial score (nSPS) is 12.5. The van der Waals surface area contributed by atoms with Crippen LogP contribution in [0, 0.1) is 0 Å². The summed E-state index contributed by atoms with van der Waals surface area (Å²) in [5.41, 5.74) is 0. The van der Waals surface area contributed by atoms with Gasteiger partial charge in [0.25, 0.3) is 0 Å². The predicted molar refractivity (Wildman–Crippen MR) is 106 cm³/mol. The van der Waals surface area contributed by atoms with Crippen LogP contribution in [0.15, 0.2) is 0 Å². The minimum atomic E-state index is -1.04. The van der Waals surface area contributed by atoms with Crippen LogP contribution >= 0.6 is 0 Å². The molecule has 0 radical (unpaired) electrons. The number of unbranched alkanes of at least 4 members (excludes halogenated alkanes) is 7. The highest BCUT2D eigenvalue weighted by Gasteiger charge is 2.13. The SMILES string of the molecule is CCCCCCCCCC[SiH2]OCC(O[SiH](C)C)O[SiH](C)C. The summed E-state index contributed by atoms with van der Waals surface area (Å²) in [5, 5.41) is 0. The maximum absolute atomic E-state index is 5.90. The van der Waals surface area contributed by atoms with Gasteiger partial charge >= 0.3 is 0 Å². The van der Waals surface area contributed by atoms with Crippen molar-refractivity contribution >= 4 is 27.8 Å². The van der Waals surface area contributed by atoms with Gasteiger partial charge < -0.3 is 13.3 Å². The van der Waals surface area contributed by atoms with Crippen molar-refractivity contribution in [3.8, 4) is 0 Å². The zero-order valence-electron chi connectivity index (χ0n) is 15.7. The summed E-state index contributed by atoms with van der Waals surface area (Å²) in [6, 6.07) is 1.31. The van der Waals surface area contributed by atoms with E-state index in [1.807, 2.05) is 0 Å². The van der Waals surface area contributed by atoms with Crippen LogP contribution in [-0.2, 0) is 13.3 Å². The van der Waals surface area contributed by atoms with Gasteiger partial charge in [0.15, 0.2) is 34.1 Å². The van der Waals surface area contributed by atoms with Crippen molar-refractivity contribution in [1.29, 1.82) is 0 Å². The monoisotopic (exact) mass is 364 g/mol. The highest BCUT2D eigenvalue weighted by molar-refractivity contribution is 6.49. The Morgan fingerprint density at radius 3 is 1.77 bits per heavy atom. The molecule has 0 saturated heterocycles. The van der Waals surface area contributed by atoms with E-state index in [4.69, 9.17) is 13.3 Å². The average Bonchev–Trinajstić information content (AvgIpc) is 2.43. The van der Waals surface area contributed by atoms with E-state index in [1.54, 1.807) is 0 Å². The molecule has 0 aromatic carbocycles.